The summed E-state index contributed by atoms with van der Waals surface area (Å²) in [7, 11) is -1.59. The molecule has 0 spiro atoms. The Kier molecular flexibility index (Phi) is 10.5. The Morgan fingerprint density at radius 2 is 1.59 bits per heavy atom. The van der Waals surface area contributed by atoms with Gasteiger partial charge in [-0.3, -0.25) is 0 Å². The molecule has 0 aromatic heterocycles. The summed E-state index contributed by atoms with van der Waals surface area (Å²) in [4.78, 5) is 0. The first-order chi connectivity index (χ1) is 8.95. The van der Waals surface area contributed by atoms with Crippen LogP contribution in [0.4, 0.5) is 3.09 Å². The van der Waals surface area contributed by atoms with Gasteiger partial charge in [0.05, 0.1) is 0 Å². The zero-order valence-electron chi connectivity index (χ0n) is 14.9. The Bertz CT molecular complexity index is 479. The van der Waals surface area contributed by atoms with E-state index in [0.717, 1.165) is 5.75 Å². The van der Waals surface area contributed by atoms with E-state index in [2.05, 4.69) is 52.9 Å². The van der Waals surface area contributed by atoms with Crippen molar-refractivity contribution < 1.29 is 24.5 Å². The van der Waals surface area contributed by atoms with Crippen LogP contribution in [0, 0.1) is 6.92 Å². The third kappa shape index (κ3) is 6.29. The summed E-state index contributed by atoms with van der Waals surface area (Å²) in [5.74, 6) is 0.767. The van der Waals surface area contributed by atoms with E-state index in [1.165, 1.54) is 10.8 Å². The first-order valence-corrected chi connectivity index (χ1v) is 17.1. The van der Waals surface area contributed by atoms with Gasteiger partial charge in [0.1, 0.15) is 0 Å². The molecule has 0 atom stereocenters. The predicted molar refractivity (Wildman–Crippen MR) is 103 cm³/mol. The predicted octanol–water partition coefficient (Wildman–Crippen LogP) is 5.33. The van der Waals surface area contributed by atoms with E-state index >= 15 is 0 Å². The summed E-state index contributed by atoms with van der Waals surface area (Å²) in [6, 6.07) is 6.35. The number of benzene rings is 1. The number of hydrogen-bond acceptors (Lipinski definition) is 1. The van der Waals surface area contributed by atoms with Gasteiger partial charge in [-0.05, 0) is 0 Å². The number of aryl methyl sites for hydroxylation is 1. The first kappa shape index (κ1) is 24.9. The van der Waals surface area contributed by atoms with Gasteiger partial charge in [-0.15, -0.1) is 24.8 Å². The van der Waals surface area contributed by atoms with Crippen molar-refractivity contribution in [2.45, 2.75) is 58.9 Å². The minimum Gasteiger partial charge on any atom is -0.147 e. The van der Waals surface area contributed by atoms with E-state index < -0.39 is 32.8 Å². The van der Waals surface area contributed by atoms with Crippen molar-refractivity contribution in [3.8, 4) is 5.75 Å². The van der Waals surface area contributed by atoms with Crippen molar-refractivity contribution in [3.63, 3.8) is 0 Å². The fourth-order valence-corrected chi connectivity index (χ4v) is 6.23. The van der Waals surface area contributed by atoms with E-state index in [9.17, 15) is 3.09 Å². The van der Waals surface area contributed by atoms with Crippen molar-refractivity contribution in [2.24, 2.45) is 0 Å². The van der Waals surface area contributed by atoms with E-state index in [-0.39, 0.29) is 29.9 Å². The van der Waals surface area contributed by atoms with Crippen LogP contribution >= 0.6 is 24.8 Å². The molecule has 0 bridgehead atoms. The van der Waals surface area contributed by atoms with Gasteiger partial charge in [-0.2, -0.15) is 0 Å². The molecule has 0 N–H and O–H groups in total. The molecule has 1 nitrogen and oxygen atoms in total. The molecular formula is C15H30Cl2FOSi2Ti. The summed E-state index contributed by atoms with van der Waals surface area (Å²) in [5.41, 5.74) is 1.18. The Hall–Kier alpha value is 0.678. The topological polar surface area (TPSA) is 9.23 Å². The van der Waals surface area contributed by atoms with Crippen LogP contribution < -0.4 is 8.51 Å². The van der Waals surface area contributed by atoms with Crippen molar-refractivity contribution >= 4 is 44.7 Å². The van der Waals surface area contributed by atoms with Crippen LogP contribution in [0.25, 0.3) is 0 Å². The molecule has 1 aromatic rings. The molecule has 0 saturated carbocycles. The first-order valence-electron chi connectivity index (χ1n) is 7.27. The molecule has 0 aliphatic carbocycles. The van der Waals surface area contributed by atoms with Gasteiger partial charge in [-0.1, -0.05) is 0 Å². The zero-order chi connectivity index (χ0) is 15.7. The Morgan fingerprint density at radius 1 is 1.09 bits per heavy atom. The largest absolute Gasteiger partial charge is 0.147 e. The minimum atomic E-state index is -2.76. The number of hydrogen-bond donors (Lipinski definition) is 0. The molecule has 22 heavy (non-hydrogen) atoms. The quantitative estimate of drug-likeness (QED) is 0.598. The maximum Gasteiger partial charge on any atom is -0.147 e. The van der Waals surface area contributed by atoms with Gasteiger partial charge in [0.25, 0.3) is 0 Å². The Morgan fingerprint density at radius 3 is 2.00 bits per heavy atom. The molecule has 0 amide bonds. The molecule has 1 aromatic carbocycles. The fraction of sp³-hybridized carbons (Fsp3) is 0.600. The van der Waals surface area contributed by atoms with Gasteiger partial charge in [0.15, 0.2) is 0 Å². The van der Waals surface area contributed by atoms with Gasteiger partial charge in [0, 0.05) is 0 Å². The van der Waals surface area contributed by atoms with Crippen LogP contribution in [0.2, 0.25) is 31.2 Å². The smallest absolute Gasteiger partial charge is 0.147 e. The van der Waals surface area contributed by atoms with Crippen molar-refractivity contribution in [3.05, 3.63) is 23.8 Å². The van der Waals surface area contributed by atoms with Gasteiger partial charge in [-0.25, -0.2) is 0 Å². The van der Waals surface area contributed by atoms with Crippen LogP contribution in [0.5, 0.6) is 5.75 Å². The van der Waals surface area contributed by atoms with Gasteiger partial charge < -0.3 is 0 Å². The monoisotopic (exact) mass is 419 g/mol. The molecule has 0 unspecified atom stereocenters. The average Bonchev–Trinajstić information content (AvgIpc) is 2.26. The Labute approximate surface area is 157 Å². The van der Waals surface area contributed by atoms with Crippen LogP contribution in [0.3, 0.4) is 0 Å². The third-order valence-corrected chi connectivity index (χ3v) is 16.1. The molecule has 7 heteroatoms. The number of rotatable bonds is 4. The number of halogens is 3. The molecule has 0 aliphatic rings. The zero-order valence-corrected chi connectivity index (χ0v) is 20.3. The maximum absolute atomic E-state index is 14.0. The molecule has 1 rings (SSSR count). The van der Waals surface area contributed by atoms with Crippen LogP contribution in [0.1, 0.15) is 26.3 Å². The minimum absolute atomic E-state index is 0. The van der Waals surface area contributed by atoms with E-state index in [4.69, 9.17) is 3.32 Å². The standard InChI is InChI=1S/C13H22OSi.C2H7Si.2ClH.FH.Ti/c1-10-7-11(14)9-12(8-10)15(5,6)13(2,3)4;1-3-2;;;;/h7-9,14H,1-6H3;3H,1-2H3;3*1H;/q;;;;;+2/p-2. The molecule has 0 heterocycles. The summed E-state index contributed by atoms with van der Waals surface area (Å²) in [6.45, 7) is 16.6. The summed E-state index contributed by atoms with van der Waals surface area (Å²) >= 11 is -2.76. The van der Waals surface area contributed by atoms with Crippen molar-refractivity contribution in [1.29, 1.82) is 0 Å². The fourth-order valence-electron chi connectivity index (χ4n) is 1.83. The normalized spacial score (nSPS) is 11.5. The molecular weight excluding hydrogens is 390 g/mol. The molecule has 129 valence electrons. The molecule has 0 aliphatic heterocycles. The maximum atomic E-state index is 14.0. The summed E-state index contributed by atoms with van der Waals surface area (Å²) in [6.07, 6.45) is 0. The second-order valence-corrected chi connectivity index (χ2v) is 23.7. The van der Waals surface area contributed by atoms with Crippen molar-refractivity contribution in [2.75, 3.05) is 0 Å². The SMILES string of the molecule is Cc1cc([O][Ti]([F])[SiH](C)C)cc([Si](C)(C)C(C)(C)C)c1.Cl.Cl. The second kappa shape index (κ2) is 9.24. The van der Waals surface area contributed by atoms with Gasteiger partial charge >= 0.3 is 133 Å². The van der Waals surface area contributed by atoms with Crippen LogP contribution in [-0.2, 0) is 18.0 Å². The van der Waals surface area contributed by atoms with Crippen molar-refractivity contribution in [1.82, 2.24) is 0 Å². The van der Waals surface area contributed by atoms with E-state index in [0.29, 0.717) is 0 Å². The Balaban J connectivity index is 0. The van der Waals surface area contributed by atoms with Crippen LogP contribution in [0.15, 0.2) is 18.2 Å². The van der Waals surface area contributed by atoms with Gasteiger partial charge in [0.2, 0.25) is 0 Å². The molecule has 0 radical (unpaired) electrons. The van der Waals surface area contributed by atoms with Crippen LogP contribution in [-0.4, -0.2) is 14.7 Å². The average molecular weight is 420 g/mol. The van der Waals surface area contributed by atoms with E-state index in [1.807, 2.05) is 19.2 Å². The third-order valence-electron chi connectivity index (χ3n) is 4.32. The van der Waals surface area contributed by atoms with E-state index in [1.54, 1.807) is 0 Å². The summed E-state index contributed by atoms with van der Waals surface area (Å²) < 4.78 is 19.7. The summed E-state index contributed by atoms with van der Waals surface area (Å²) in [5, 5.41) is 1.65. The second-order valence-electron chi connectivity index (χ2n) is 7.47. The molecule has 0 fully saturated rings. The molecule has 0 saturated heterocycles.